The summed E-state index contributed by atoms with van der Waals surface area (Å²) in [5.74, 6) is 0. The van der Waals surface area contributed by atoms with Crippen LogP contribution in [0.15, 0.2) is 0 Å². The van der Waals surface area contributed by atoms with E-state index >= 15 is 0 Å². The molecule has 0 aliphatic carbocycles. The SMILES string of the molecule is CCCCCCCCCCCCCCCCCC[N+](C)(C)C.O=[SiH2]. The lowest BCUT2D eigenvalue weighted by atomic mass is 10.0. The maximum atomic E-state index is 8.28. The molecule has 0 saturated carbocycles. The maximum Gasteiger partial charge on any atom is 0.245 e. The molecule has 0 atom stereocenters. The monoisotopic (exact) mass is 358 g/mol. The number of nitrogens with zero attached hydrogens (tertiary/aromatic N) is 1. The van der Waals surface area contributed by atoms with Crippen LogP contribution in [-0.4, -0.2) is 42.3 Å². The number of quaternary nitrogens is 1. The first-order chi connectivity index (χ1) is 11.6. The normalized spacial score (nSPS) is 11.2. The van der Waals surface area contributed by atoms with Gasteiger partial charge in [0.2, 0.25) is 10.1 Å². The molecule has 3 heteroatoms. The largest absolute Gasteiger partial charge is 0.396 e. The molecule has 0 aliphatic rings. The zero-order valence-corrected chi connectivity index (χ0v) is 19.0. The van der Waals surface area contributed by atoms with Crippen molar-refractivity contribution in [2.45, 2.75) is 110 Å². The molecule has 0 aliphatic heterocycles. The second kappa shape index (κ2) is 21.0. The highest BCUT2D eigenvalue weighted by molar-refractivity contribution is 5.85. The second-order valence-electron chi connectivity index (χ2n) is 8.32. The molecule has 0 fully saturated rings. The fraction of sp³-hybridized carbons (Fsp3) is 1.00. The Morgan fingerprint density at radius 1 is 0.500 bits per heavy atom. The summed E-state index contributed by atoms with van der Waals surface area (Å²) in [5, 5.41) is 0. The van der Waals surface area contributed by atoms with E-state index in [1.807, 2.05) is 0 Å². The maximum absolute atomic E-state index is 8.28. The fourth-order valence-corrected chi connectivity index (χ4v) is 3.13. The first kappa shape index (κ1) is 26.2. The van der Waals surface area contributed by atoms with E-state index < -0.39 is 0 Å². The molecule has 0 aromatic rings. The van der Waals surface area contributed by atoms with Crippen molar-refractivity contribution in [1.82, 2.24) is 0 Å². The van der Waals surface area contributed by atoms with E-state index in [-0.39, 0.29) is 0 Å². The molecule has 0 rings (SSSR count). The van der Waals surface area contributed by atoms with E-state index in [9.17, 15) is 0 Å². The van der Waals surface area contributed by atoms with Crippen LogP contribution in [0.4, 0.5) is 0 Å². The molecule has 0 saturated heterocycles. The molecule has 0 spiro atoms. The number of hydrogen-bond donors (Lipinski definition) is 0. The van der Waals surface area contributed by atoms with Gasteiger partial charge < -0.3 is 8.94 Å². The molecule has 24 heavy (non-hydrogen) atoms. The van der Waals surface area contributed by atoms with Gasteiger partial charge in [-0.05, 0) is 12.8 Å². The summed E-state index contributed by atoms with van der Waals surface area (Å²) in [6, 6.07) is 0. The Labute approximate surface area is 156 Å². The van der Waals surface area contributed by atoms with Gasteiger partial charge in [0.05, 0.1) is 27.7 Å². The van der Waals surface area contributed by atoms with Crippen LogP contribution in [-0.2, 0) is 4.46 Å². The van der Waals surface area contributed by atoms with Gasteiger partial charge in [0, 0.05) is 0 Å². The first-order valence-corrected chi connectivity index (χ1v) is 11.2. The summed E-state index contributed by atoms with van der Waals surface area (Å²) in [5.41, 5.74) is 0. The number of rotatable bonds is 17. The molecular formula is C21H48NOSi+. The van der Waals surface area contributed by atoms with Gasteiger partial charge in [-0.2, -0.15) is 0 Å². The van der Waals surface area contributed by atoms with Gasteiger partial charge in [-0.1, -0.05) is 96.8 Å². The molecule has 0 bridgehead atoms. The third kappa shape index (κ3) is 26.9. The molecule has 0 N–H and O–H groups in total. The summed E-state index contributed by atoms with van der Waals surface area (Å²) in [7, 11) is 7.50. The Morgan fingerprint density at radius 3 is 1.00 bits per heavy atom. The van der Waals surface area contributed by atoms with Crippen molar-refractivity contribution in [2.24, 2.45) is 0 Å². The summed E-state index contributed by atoms with van der Waals surface area (Å²) < 4.78 is 9.40. The summed E-state index contributed by atoms with van der Waals surface area (Å²) in [4.78, 5) is 0. The second-order valence-corrected chi connectivity index (χ2v) is 8.32. The Kier molecular flexibility index (Phi) is 23.0. The smallest absolute Gasteiger partial charge is 0.245 e. The molecule has 0 radical (unpaired) electrons. The topological polar surface area (TPSA) is 17.1 Å². The van der Waals surface area contributed by atoms with Gasteiger partial charge in [-0.25, -0.2) is 0 Å². The lowest BCUT2D eigenvalue weighted by molar-refractivity contribution is -0.870. The third-order valence-electron chi connectivity index (χ3n) is 4.68. The van der Waals surface area contributed by atoms with Crippen LogP contribution < -0.4 is 0 Å². The molecule has 0 aromatic heterocycles. The highest BCUT2D eigenvalue weighted by atomic mass is 28.1. The summed E-state index contributed by atoms with van der Waals surface area (Å²) in [6.07, 6.45) is 23.4. The molecule has 2 nitrogen and oxygen atoms in total. The van der Waals surface area contributed by atoms with E-state index in [1.54, 1.807) is 0 Å². The van der Waals surface area contributed by atoms with Gasteiger partial charge in [0.1, 0.15) is 0 Å². The first-order valence-electron chi connectivity index (χ1n) is 10.7. The molecule has 0 amide bonds. The molecule has 0 unspecified atom stereocenters. The summed E-state index contributed by atoms with van der Waals surface area (Å²) >= 11 is 0. The minimum Gasteiger partial charge on any atom is -0.396 e. The zero-order chi connectivity index (χ0) is 18.5. The van der Waals surface area contributed by atoms with Crippen molar-refractivity contribution >= 4 is 10.1 Å². The van der Waals surface area contributed by atoms with Crippen LogP contribution in [0.3, 0.4) is 0 Å². The number of unbranched alkanes of at least 4 members (excludes halogenated alkanes) is 15. The van der Waals surface area contributed by atoms with E-state index in [4.69, 9.17) is 4.46 Å². The molecule has 0 heterocycles. The lowest BCUT2D eigenvalue weighted by Crippen LogP contribution is -2.35. The quantitative estimate of drug-likeness (QED) is 0.179. The van der Waals surface area contributed by atoms with Crippen molar-refractivity contribution in [3.63, 3.8) is 0 Å². The van der Waals surface area contributed by atoms with Crippen molar-refractivity contribution in [3.8, 4) is 0 Å². The van der Waals surface area contributed by atoms with Gasteiger partial charge in [0.25, 0.3) is 0 Å². The third-order valence-corrected chi connectivity index (χ3v) is 4.68. The van der Waals surface area contributed by atoms with Crippen LogP contribution in [0.2, 0.25) is 0 Å². The summed E-state index contributed by atoms with van der Waals surface area (Å²) in [6.45, 7) is 3.63. The Morgan fingerprint density at radius 2 is 0.750 bits per heavy atom. The average molecular weight is 359 g/mol. The van der Waals surface area contributed by atoms with Crippen LogP contribution in [0.25, 0.3) is 0 Å². The average Bonchev–Trinajstić information content (AvgIpc) is 2.55. The van der Waals surface area contributed by atoms with Crippen LogP contribution >= 0.6 is 0 Å². The molecule has 0 aromatic carbocycles. The predicted molar refractivity (Wildman–Crippen MR) is 112 cm³/mol. The predicted octanol–water partition coefficient (Wildman–Crippen LogP) is 5.92. The lowest BCUT2D eigenvalue weighted by Gasteiger charge is -2.23. The standard InChI is InChI=1S/C21H46N.H2OSi/c1-5-6-7-8-9-10-11-12-13-14-15-16-17-18-19-20-21-22(2,3)4;1-2/h5-21H2,1-4H3;2H2/q+1;. The van der Waals surface area contributed by atoms with Gasteiger partial charge >= 0.3 is 0 Å². The van der Waals surface area contributed by atoms with E-state index in [1.165, 1.54) is 109 Å². The van der Waals surface area contributed by atoms with Crippen LogP contribution in [0, 0.1) is 0 Å². The van der Waals surface area contributed by atoms with Gasteiger partial charge in [0.15, 0.2) is 0 Å². The minimum absolute atomic E-state index is 0.611. The molecule has 146 valence electrons. The fourth-order valence-electron chi connectivity index (χ4n) is 3.13. The Hall–Kier alpha value is -0.0231. The van der Waals surface area contributed by atoms with Crippen LogP contribution in [0.5, 0.6) is 0 Å². The highest BCUT2D eigenvalue weighted by Gasteiger charge is 2.04. The zero-order valence-electron chi connectivity index (χ0n) is 17.6. The van der Waals surface area contributed by atoms with E-state index in [0.717, 1.165) is 4.48 Å². The van der Waals surface area contributed by atoms with Crippen molar-refractivity contribution < 1.29 is 8.94 Å². The van der Waals surface area contributed by atoms with Gasteiger partial charge in [-0.3, -0.25) is 0 Å². The van der Waals surface area contributed by atoms with E-state index in [2.05, 4.69) is 28.1 Å². The van der Waals surface area contributed by atoms with E-state index in [0.29, 0.717) is 10.1 Å². The van der Waals surface area contributed by atoms with Crippen LogP contribution in [0.1, 0.15) is 110 Å². The Bertz CT molecular complexity index is 228. The van der Waals surface area contributed by atoms with Crippen molar-refractivity contribution in [3.05, 3.63) is 0 Å². The minimum atomic E-state index is 0.611. The van der Waals surface area contributed by atoms with Gasteiger partial charge in [-0.15, -0.1) is 0 Å². The van der Waals surface area contributed by atoms with Crippen molar-refractivity contribution in [2.75, 3.05) is 27.7 Å². The molecular weight excluding hydrogens is 310 g/mol. The number of hydrogen-bond acceptors (Lipinski definition) is 1. The highest BCUT2D eigenvalue weighted by Crippen LogP contribution is 2.13. The van der Waals surface area contributed by atoms with Crippen molar-refractivity contribution in [1.29, 1.82) is 0 Å². The Balaban J connectivity index is 0.